The maximum atomic E-state index is 12.9. The summed E-state index contributed by atoms with van der Waals surface area (Å²) in [7, 11) is 0. The fraction of sp³-hybridized carbons (Fsp3) is 0.667. The van der Waals surface area contributed by atoms with E-state index in [-0.39, 0.29) is 5.91 Å². The second kappa shape index (κ2) is 7.46. The zero-order valence-electron chi connectivity index (χ0n) is 15.1. The average Bonchev–Trinajstić information content (AvgIpc) is 3.09. The van der Waals surface area contributed by atoms with Crippen molar-refractivity contribution in [1.29, 1.82) is 0 Å². The van der Waals surface area contributed by atoms with Gasteiger partial charge in [0.15, 0.2) is 0 Å². The van der Waals surface area contributed by atoms with E-state index in [0.29, 0.717) is 23.9 Å². The molecule has 136 valence electrons. The summed E-state index contributed by atoms with van der Waals surface area (Å²) < 4.78 is 0. The number of carbonyl (C=O) groups is 1. The fourth-order valence-corrected chi connectivity index (χ4v) is 5.27. The molecular weight excluding hydrogens is 310 g/mol. The minimum Gasteiger partial charge on any atom is -0.349 e. The van der Waals surface area contributed by atoms with Crippen LogP contribution in [0.1, 0.15) is 60.9 Å². The van der Waals surface area contributed by atoms with Gasteiger partial charge in [-0.15, -0.1) is 0 Å². The highest BCUT2D eigenvalue weighted by molar-refractivity contribution is 5.94. The molecule has 2 atom stereocenters. The van der Waals surface area contributed by atoms with Crippen molar-refractivity contribution in [3.63, 3.8) is 0 Å². The van der Waals surface area contributed by atoms with Gasteiger partial charge in [0.05, 0.1) is 0 Å². The first-order valence-corrected chi connectivity index (χ1v) is 10.1. The molecule has 1 amide bonds. The molecule has 1 saturated heterocycles. The number of benzene rings is 1. The Balaban J connectivity index is 1.42. The molecule has 0 spiro atoms. The number of nitrogens with zero attached hydrogens (tertiary/aromatic N) is 1. The smallest absolute Gasteiger partial charge is 0.251 e. The van der Waals surface area contributed by atoms with Crippen LogP contribution in [0.25, 0.3) is 0 Å². The maximum Gasteiger partial charge on any atom is 0.251 e. The van der Waals surface area contributed by atoms with Crippen molar-refractivity contribution in [2.24, 2.45) is 17.6 Å². The zero-order valence-corrected chi connectivity index (χ0v) is 15.1. The molecule has 2 saturated carbocycles. The summed E-state index contributed by atoms with van der Waals surface area (Å²) in [5.74, 6) is 1.24. The SMILES string of the molecule is NC1CC2CCCC(C1)C2NC(=O)c1cccc(CN2CCCC2)c1. The molecule has 4 rings (SSSR count). The predicted molar refractivity (Wildman–Crippen MR) is 100 cm³/mol. The van der Waals surface area contributed by atoms with Crippen molar-refractivity contribution in [2.75, 3.05) is 13.1 Å². The quantitative estimate of drug-likeness (QED) is 0.885. The van der Waals surface area contributed by atoms with Crippen LogP contribution < -0.4 is 11.1 Å². The predicted octanol–water partition coefficient (Wildman–Crippen LogP) is 2.92. The summed E-state index contributed by atoms with van der Waals surface area (Å²) in [4.78, 5) is 15.3. The first kappa shape index (κ1) is 17.0. The van der Waals surface area contributed by atoms with E-state index in [1.807, 2.05) is 12.1 Å². The Labute approximate surface area is 151 Å². The van der Waals surface area contributed by atoms with Crippen LogP contribution in [0.3, 0.4) is 0 Å². The molecule has 4 heteroatoms. The van der Waals surface area contributed by atoms with Gasteiger partial charge in [0.1, 0.15) is 0 Å². The van der Waals surface area contributed by atoms with Gasteiger partial charge in [-0.3, -0.25) is 9.69 Å². The second-order valence-corrected chi connectivity index (χ2v) is 8.37. The Kier molecular flexibility index (Phi) is 5.09. The Hall–Kier alpha value is -1.39. The van der Waals surface area contributed by atoms with Crippen molar-refractivity contribution < 1.29 is 4.79 Å². The number of carbonyl (C=O) groups excluding carboxylic acids is 1. The molecule has 3 aliphatic rings. The second-order valence-electron chi connectivity index (χ2n) is 8.37. The van der Waals surface area contributed by atoms with Gasteiger partial charge in [-0.25, -0.2) is 0 Å². The van der Waals surface area contributed by atoms with Gasteiger partial charge < -0.3 is 11.1 Å². The van der Waals surface area contributed by atoms with Crippen LogP contribution >= 0.6 is 0 Å². The van der Waals surface area contributed by atoms with Gasteiger partial charge in [0.2, 0.25) is 0 Å². The summed E-state index contributed by atoms with van der Waals surface area (Å²) >= 11 is 0. The third-order valence-corrected chi connectivity index (χ3v) is 6.47. The third-order valence-electron chi connectivity index (χ3n) is 6.47. The van der Waals surface area contributed by atoms with Crippen molar-refractivity contribution in [1.82, 2.24) is 10.2 Å². The maximum absolute atomic E-state index is 12.9. The topological polar surface area (TPSA) is 58.4 Å². The van der Waals surface area contributed by atoms with Gasteiger partial charge in [-0.2, -0.15) is 0 Å². The molecule has 2 unspecified atom stereocenters. The number of rotatable bonds is 4. The first-order chi connectivity index (χ1) is 12.2. The number of nitrogens with two attached hydrogens (primary N) is 1. The highest BCUT2D eigenvalue weighted by Crippen LogP contribution is 2.39. The van der Waals surface area contributed by atoms with Crippen molar-refractivity contribution in [3.8, 4) is 0 Å². The fourth-order valence-electron chi connectivity index (χ4n) is 5.27. The monoisotopic (exact) mass is 341 g/mol. The van der Waals surface area contributed by atoms with Crippen molar-refractivity contribution in [3.05, 3.63) is 35.4 Å². The van der Waals surface area contributed by atoms with Gasteiger partial charge >= 0.3 is 0 Å². The Morgan fingerprint density at radius 1 is 1.12 bits per heavy atom. The Morgan fingerprint density at radius 2 is 1.84 bits per heavy atom. The normalized spacial score (nSPS) is 32.5. The summed E-state index contributed by atoms with van der Waals surface area (Å²) in [5.41, 5.74) is 8.27. The number of likely N-dealkylation sites (tertiary alicyclic amines) is 1. The molecule has 0 aromatic heterocycles. The summed E-state index contributed by atoms with van der Waals surface area (Å²) in [6.45, 7) is 3.33. The number of fused-ring (bicyclic) bond motifs is 2. The highest BCUT2D eigenvalue weighted by atomic mass is 16.1. The minimum absolute atomic E-state index is 0.0978. The molecular formula is C21H31N3O. The van der Waals surface area contributed by atoms with Gasteiger partial charge in [-0.1, -0.05) is 18.6 Å². The molecule has 0 radical (unpaired) electrons. The molecule has 4 nitrogen and oxygen atoms in total. The molecule has 2 aliphatic carbocycles. The van der Waals surface area contributed by atoms with E-state index in [2.05, 4.69) is 22.3 Å². The Bertz CT molecular complexity index is 597. The molecule has 3 fully saturated rings. The molecule has 3 N–H and O–H groups in total. The van der Waals surface area contributed by atoms with Crippen molar-refractivity contribution in [2.45, 2.75) is 63.6 Å². The summed E-state index contributed by atoms with van der Waals surface area (Å²) in [6, 6.07) is 8.85. The van der Waals surface area contributed by atoms with Crippen LogP contribution in [0.2, 0.25) is 0 Å². The van der Waals surface area contributed by atoms with E-state index < -0.39 is 0 Å². The molecule has 2 bridgehead atoms. The average molecular weight is 341 g/mol. The highest BCUT2D eigenvalue weighted by Gasteiger charge is 2.39. The van der Waals surface area contributed by atoms with Crippen molar-refractivity contribution >= 4 is 5.91 Å². The van der Waals surface area contributed by atoms with E-state index >= 15 is 0 Å². The van der Waals surface area contributed by atoms with Gasteiger partial charge in [0.25, 0.3) is 5.91 Å². The largest absolute Gasteiger partial charge is 0.349 e. The lowest BCUT2D eigenvalue weighted by Gasteiger charge is -2.45. The van der Waals surface area contributed by atoms with Crippen LogP contribution in [-0.2, 0) is 6.54 Å². The molecule has 1 heterocycles. The van der Waals surface area contributed by atoms with Gasteiger partial charge in [-0.05, 0) is 81.1 Å². The third kappa shape index (κ3) is 3.90. The Morgan fingerprint density at radius 3 is 2.56 bits per heavy atom. The van der Waals surface area contributed by atoms with Crippen LogP contribution in [-0.4, -0.2) is 36.0 Å². The minimum atomic E-state index is 0.0978. The number of nitrogens with one attached hydrogen (secondary N) is 1. The summed E-state index contributed by atoms with van der Waals surface area (Å²) in [6.07, 6.45) is 8.44. The number of amides is 1. The lowest BCUT2D eigenvalue weighted by atomic mass is 9.67. The molecule has 1 aromatic carbocycles. The molecule has 1 aromatic rings. The number of hydrogen-bond donors (Lipinski definition) is 2. The summed E-state index contributed by atoms with van der Waals surface area (Å²) in [5, 5.41) is 3.37. The lowest BCUT2D eigenvalue weighted by molar-refractivity contribution is 0.0756. The van der Waals surface area contributed by atoms with E-state index in [9.17, 15) is 4.79 Å². The van der Waals surface area contributed by atoms with E-state index in [1.54, 1.807) is 0 Å². The lowest BCUT2D eigenvalue weighted by Crippen LogP contribution is -2.53. The zero-order chi connectivity index (χ0) is 17.2. The number of hydrogen-bond acceptors (Lipinski definition) is 3. The molecule has 1 aliphatic heterocycles. The van der Waals surface area contributed by atoms with Gasteiger partial charge in [0, 0.05) is 24.2 Å². The van der Waals surface area contributed by atoms with Crippen LogP contribution in [0.4, 0.5) is 0 Å². The van der Waals surface area contributed by atoms with Crippen LogP contribution in [0.15, 0.2) is 24.3 Å². The van der Waals surface area contributed by atoms with E-state index in [1.165, 1.54) is 50.8 Å². The van der Waals surface area contributed by atoms with Crippen LogP contribution in [0, 0.1) is 11.8 Å². The van der Waals surface area contributed by atoms with Crippen LogP contribution in [0.5, 0.6) is 0 Å². The first-order valence-electron chi connectivity index (χ1n) is 10.1. The van der Waals surface area contributed by atoms with E-state index in [0.717, 1.165) is 24.9 Å². The van der Waals surface area contributed by atoms with E-state index in [4.69, 9.17) is 5.73 Å². The standard InChI is InChI=1S/C21H31N3O/c22-19-12-16-6-4-7-17(13-19)20(16)23-21(25)18-8-3-5-15(11-18)14-24-9-1-2-10-24/h3,5,8,11,16-17,19-20H,1-2,4,6-7,9-10,12-14,22H2,(H,23,25). The molecule has 25 heavy (non-hydrogen) atoms.